The van der Waals surface area contributed by atoms with E-state index in [0.29, 0.717) is 18.7 Å². The zero-order valence-corrected chi connectivity index (χ0v) is 15.7. The first kappa shape index (κ1) is 17.8. The van der Waals surface area contributed by atoms with E-state index in [2.05, 4.69) is 20.2 Å². The monoisotopic (exact) mass is 360 g/mol. The Bertz CT molecular complexity index is 803. The molecule has 0 unspecified atom stereocenters. The third-order valence-corrected chi connectivity index (χ3v) is 5.29. The summed E-state index contributed by atoms with van der Waals surface area (Å²) in [5, 5.41) is 3.19. The molecular formula is C18H24N4O2S. The predicted octanol–water partition coefficient (Wildman–Crippen LogP) is 2.22. The molecule has 1 aliphatic heterocycles. The molecule has 134 valence electrons. The summed E-state index contributed by atoms with van der Waals surface area (Å²) in [5.41, 5.74) is 2.27. The minimum absolute atomic E-state index is 0.00380. The van der Waals surface area contributed by atoms with E-state index in [4.69, 9.17) is 0 Å². The normalized spacial score (nSPS) is 15.8. The summed E-state index contributed by atoms with van der Waals surface area (Å²) < 4.78 is 0. The zero-order chi connectivity index (χ0) is 18.0. The quantitative estimate of drug-likeness (QED) is 0.908. The van der Waals surface area contributed by atoms with E-state index in [1.807, 2.05) is 25.7 Å². The van der Waals surface area contributed by atoms with Crippen LogP contribution < -0.4 is 5.56 Å². The second-order valence-electron chi connectivity index (χ2n) is 6.73. The Hall–Kier alpha value is -1.99. The van der Waals surface area contributed by atoms with Crippen molar-refractivity contribution >= 4 is 17.2 Å². The van der Waals surface area contributed by atoms with Crippen LogP contribution >= 0.6 is 11.3 Å². The van der Waals surface area contributed by atoms with Gasteiger partial charge < -0.3 is 9.88 Å². The Morgan fingerprint density at radius 3 is 2.60 bits per heavy atom. The van der Waals surface area contributed by atoms with Gasteiger partial charge in [0.1, 0.15) is 0 Å². The van der Waals surface area contributed by atoms with Crippen LogP contribution in [0.15, 0.2) is 22.3 Å². The molecule has 25 heavy (non-hydrogen) atoms. The van der Waals surface area contributed by atoms with Gasteiger partial charge in [-0.3, -0.25) is 14.5 Å². The molecule has 0 spiro atoms. The fourth-order valence-corrected chi connectivity index (χ4v) is 3.73. The van der Waals surface area contributed by atoms with Gasteiger partial charge in [0.25, 0.3) is 5.91 Å². The van der Waals surface area contributed by atoms with Crippen LogP contribution in [0.25, 0.3) is 0 Å². The largest absolute Gasteiger partial charge is 0.336 e. The number of nitrogens with one attached hydrogen (secondary N) is 1. The highest BCUT2D eigenvalue weighted by Crippen LogP contribution is 2.18. The van der Waals surface area contributed by atoms with Crippen LogP contribution in [0.5, 0.6) is 0 Å². The van der Waals surface area contributed by atoms with Gasteiger partial charge in [-0.25, -0.2) is 4.98 Å². The van der Waals surface area contributed by atoms with E-state index >= 15 is 0 Å². The maximum absolute atomic E-state index is 12.9. The Balaban J connectivity index is 1.65. The first-order chi connectivity index (χ1) is 11.9. The summed E-state index contributed by atoms with van der Waals surface area (Å²) in [6, 6.07) is 3.08. The summed E-state index contributed by atoms with van der Waals surface area (Å²) >= 11 is 1.67. The minimum atomic E-state index is -0.163. The number of thiazole rings is 1. The summed E-state index contributed by atoms with van der Waals surface area (Å²) in [6.45, 7) is 9.87. The highest BCUT2D eigenvalue weighted by molar-refractivity contribution is 7.09. The van der Waals surface area contributed by atoms with Gasteiger partial charge in [-0.15, -0.1) is 11.3 Å². The maximum atomic E-state index is 12.9. The summed E-state index contributed by atoms with van der Waals surface area (Å²) in [6.07, 6.45) is 0. The number of aryl methyl sites for hydroxylation is 1. The maximum Gasteiger partial charge on any atom is 0.255 e. The topological polar surface area (TPSA) is 69.3 Å². The third kappa shape index (κ3) is 4.16. The molecule has 0 aliphatic carbocycles. The standard InChI is InChI=1S/C18H24N4O2S/c1-12(2)17-15(4-5-16(23)20-17)18(24)22-8-6-21(7-9-22)10-14-11-25-13(3)19-14/h4-5,11-12H,6-10H2,1-3H3,(H,20,23). The van der Waals surface area contributed by atoms with Crippen molar-refractivity contribution in [3.05, 3.63) is 49.8 Å². The second kappa shape index (κ2) is 7.49. The number of amides is 1. The molecule has 1 amide bonds. The number of aromatic amines is 1. The summed E-state index contributed by atoms with van der Waals surface area (Å²) in [7, 11) is 0. The van der Waals surface area contributed by atoms with Crippen LogP contribution in [-0.2, 0) is 6.54 Å². The summed E-state index contributed by atoms with van der Waals surface area (Å²) in [5.74, 6) is 0.103. The Labute approximate surface area is 151 Å². The predicted molar refractivity (Wildman–Crippen MR) is 99.2 cm³/mol. The van der Waals surface area contributed by atoms with E-state index in [1.54, 1.807) is 17.4 Å². The van der Waals surface area contributed by atoms with Gasteiger partial charge in [0.15, 0.2) is 0 Å². The number of nitrogens with zero attached hydrogens (tertiary/aromatic N) is 3. The van der Waals surface area contributed by atoms with Crippen molar-refractivity contribution in [3.63, 3.8) is 0 Å². The van der Waals surface area contributed by atoms with Gasteiger partial charge in [-0.05, 0) is 18.9 Å². The van der Waals surface area contributed by atoms with E-state index < -0.39 is 0 Å². The molecule has 7 heteroatoms. The summed E-state index contributed by atoms with van der Waals surface area (Å²) in [4.78, 5) is 36.0. The molecule has 1 N–H and O–H groups in total. The Kier molecular flexibility index (Phi) is 5.34. The molecule has 1 aliphatic rings. The number of piperazine rings is 1. The van der Waals surface area contributed by atoms with Gasteiger partial charge in [0.05, 0.1) is 16.3 Å². The lowest BCUT2D eigenvalue weighted by Crippen LogP contribution is -2.48. The van der Waals surface area contributed by atoms with Gasteiger partial charge in [-0.2, -0.15) is 0 Å². The lowest BCUT2D eigenvalue weighted by atomic mass is 10.0. The van der Waals surface area contributed by atoms with E-state index in [0.717, 1.165) is 36.0 Å². The molecule has 0 atom stereocenters. The van der Waals surface area contributed by atoms with E-state index in [-0.39, 0.29) is 17.4 Å². The van der Waals surface area contributed by atoms with Crippen LogP contribution in [0.4, 0.5) is 0 Å². The van der Waals surface area contributed by atoms with Gasteiger partial charge >= 0.3 is 0 Å². The van der Waals surface area contributed by atoms with Crippen molar-refractivity contribution in [2.75, 3.05) is 26.2 Å². The molecule has 0 bridgehead atoms. The molecule has 3 rings (SSSR count). The van der Waals surface area contributed by atoms with Crippen LogP contribution in [0.2, 0.25) is 0 Å². The zero-order valence-electron chi connectivity index (χ0n) is 14.9. The SMILES string of the molecule is Cc1nc(CN2CCN(C(=O)c3ccc(=O)[nH]c3C(C)C)CC2)cs1. The number of aromatic nitrogens is 2. The van der Waals surface area contributed by atoms with Crippen molar-refractivity contribution < 1.29 is 4.79 Å². The molecule has 2 aromatic heterocycles. The first-order valence-corrected chi connectivity index (χ1v) is 9.48. The fourth-order valence-electron chi connectivity index (χ4n) is 3.12. The number of rotatable bonds is 4. The third-order valence-electron chi connectivity index (χ3n) is 4.47. The number of hydrogen-bond donors (Lipinski definition) is 1. The molecule has 0 saturated carbocycles. The van der Waals surface area contributed by atoms with Crippen LogP contribution in [0.1, 0.15) is 46.5 Å². The van der Waals surface area contributed by atoms with E-state index in [1.165, 1.54) is 6.07 Å². The van der Waals surface area contributed by atoms with Crippen molar-refractivity contribution in [2.24, 2.45) is 0 Å². The van der Waals surface area contributed by atoms with Crippen LogP contribution in [0, 0.1) is 6.92 Å². The molecular weight excluding hydrogens is 336 g/mol. The Morgan fingerprint density at radius 1 is 1.28 bits per heavy atom. The number of carbonyl (C=O) groups is 1. The van der Waals surface area contributed by atoms with E-state index in [9.17, 15) is 9.59 Å². The molecule has 0 aromatic carbocycles. The average molecular weight is 360 g/mol. The van der Waals surface area contributed by atoms with Crippen molar-refractivity contribution in [3.8, 4) is 0 Å². The number of carbonyl (C=O) groups excluding carboxylic acids is 1. The Morgan fingerprint density at radius 2 is 2.00 bits per heavy atom. The molecule has 6 nitrogen and oxygen atoms in total. The van der Waals surface area contributed by atoms with Crippen LogP contribution in [-0.4, -0.2) is 51.9 Å². The molecule has 1 fully saturated rings. The van der Waals surface area contributed by atoms with Gasteiger partial charge in [0, 0.05) is 49.9 Å². The highest BCUT2D eigenvalue weighted by atomic mass is 32.1. The number of H-pyrrole nitrogens is 1. The molecule has 3 heterocycles. The molecule has 0 radical (unpaired) electrons. The van der Waals surface area contributed by atoms with Crippen molar-refractivity contribution in [2.45, 2.75) is 33.2 Å². The average Bonchev–Trinajstić information content (AvgIpc) is 2.99. The number of hydrogen-bond acceptors (Lipinski definition) is 5. The van der Waals surface area contributed by atoms with Gasteiger partial charge in [-0.1, -0.05) is 13.8 Å². The second-order valence-corrected chi connectivity index (χ2v) is 7.79. The minimum Gasteiger partial charge on any atom is -0.336 e. The van der Waals surface area contributed by atoms with Crippen LogP contribution in [0.3, 0.4) is 0 Å². The molecule has 1 saturated heterocycles. The highest BCUT2D eigenvalue weighted by Gasteiger charge is 2.25. The molecule has 2 aromatic rings. The number of pyridine rings is 1. The van der Waals surface area contributed by atoms with Crippen molar-refractivity contribution in [1.29, 1.82) is 0 Å². The first-order valence-electron chi connectivity index (χ1n) is 8.60. The van der Waals surface area contributed by atoms with Crippen molar-refractivity contribution in [1.82, 2.24) is 19.8 Å². The van der Waals surface area contributed by atoms with Gasteiger partial charge in [0.2, 0.25) is 5.56 Å². The lowest BCUT2D eigenvalue weighted by Gasteiger charge is -2.34. The smallest absolute Gasteiger partial charge is 0.255 e. The lowest BCUT2D eigenvalue weighted by molar-refractivity contribution is 0.0625. The fraction of sp³-hybridized carbons (Fsp3) is 0.500.